The highest BCUT2D eigenvalue weighted by Crippen LogP contribution is 2.20. The first-order chi connectivity index (χ1) is 8.58. The summed E-state index contributed by atoms with van der Waals surface area (Å²) in [5.41, 5.74) is 7.46. The monoisotopic (exact) mass is 246 g/mol. The summed E-state index contributed by atoms with van der Waals surface area (Å²) in [6.07, 6.45) is 2.05. The van der Waals surface area contributed by atoms with E-state index in [2.05, 4.69) is 15.5 Å². The lowest BCUT2D eigenvalue weighted by atomic mass is 10.0. The summed E-state index contributed by atoms with van der Waals surface area (Å²) in [6, 6.07) is 5.55. The van der Waals surface area contributed by atoms with E-state index >= 15 is 0 Å². The SMILES string of the molecule is CC(C)C(N)CC(=O)Nc1cccc2cn[nH]c12. The maximum atomic E-state index is 11.9. The van der Waals surface area contributed by atoms with Gasteiger partial charge in [-0.25, -0.2) is 0 Å². The molecule has 0 saturated heterocycles. The Balaban J connectivity index is 2.09. The fraction of sp³-hybridized carbons (Fsp3) is 0.385. The summed E-state index contributed by atoms with van der Waals surface area (Å²) < 4.78 is 0. The van der Waals surface area contributed by atoms with Crippen molar-refractivity contribution in [3.8, 4) is 0 Å². The third-order valence-electron chi connectivity index (χ3n) is 3.03. The molecule has 1 aromatic heterocycles. The number of fused-ring (bicyclic) bond motifs is 1. The van der Waals surface area contributed by atoms with E-state index in [-0.39, 0.29) is 11.9 Å². The highest BCUT2D eigenvalue weighted by atomic mass is 16.1. The number of carbonyl (C=O) groups excluding carboxylic acids is 1. The number of aromatic amines is 1. The Morgan fingerprint density at radius 3 is 3.00 bits per heavy atom. The topological polar surface area (TPSA) is 83.8 Å². The van der Waals surface area contributed by atoms with Gasteiger partial charge in [-0.05, 0) is 12.0 Å². The standard InChI is InChI=1S/C13H18N4O/c1-8(2)10(14)6-12(18)16-11-5-3-4-9-7-15-17-13(9)11/h3-5,7-8,10H,6,14H2,1-2H3,(H,15,17)(H,16,18). The number of nitrogens with two attached hydrogens (primary N) is 1. The second kappa shape index (κ2) is 5.18. The highest BCUT2D eigenvalue weighted by Gasteiger charge is 2.14. The van der Waals surface area contributed by atoms with Crippen LogP contribution in [0.25, 0.3) is 10.9 Å². The van der Waals surface area contributed by atoms with Gasteiger partial charge in [0.05, 0.1) is 17.4 Å². The van der Waals surface area contributed by atoms with Crippen molar-refractivity contribution >= 4 is 22.5 Å². The Labute approximate surface area is 106 Å². The van der Waals surface area contributed by atoms with Crippen LogP contribution in [0.15, 0.2) is 24.4 Å². The van der Waals surface area contributed by atoms with E-state index in [1.807, 2.05) is 32.0 Å². The molecule has 0 spiro atoms. The number of nitrogens with one attached hydrogen (secondary N) is 2. The third-order valence-corrected chi connectivity index (χ3v) is 3.03. The third kappa shape index (κ3) is 2.68. The van der Waals surface area contributed by atoms with Gasteiger partial charge in [0.15, 0.2) is 0 Å². The van der Waals surface area contributed by atoms with Gasteiger partial charge in [0, 0.05) is 17.8 Å². The van der Waals surface area contributed by atoms with E-state index in [4.69, 9.17) is 5.73 Å². The number of carbonyl (C=O) groups is 1. The van der Waals surface area contributed by atoms with Gasteiger partial charge in [-0.1, -0.05) is 26.0 Å². The van der Waals surface area contributed by atoms with Gasteiger partial charge >= 0.3 is 0 Å². The van der Waals surface area contributed by atoms with E-state index in [1.165, 1.54) is 0 Å². The zero-order chi connectivity index (χ0) is 13.1. The van der Waals surface area contributed by atoms with Crippen LogP contribution in [0.5, 0.6) is 0 Å². The Morgan fingerprint density at radius 1 is 1.50 bits per heavy atom. The van der Waals surface area contributed by atoms with E-state index in [9.17, 15) is 4.79 Å². The summed E-state index contributed by atoms with van der Waals surface area (Å²) in [4.78, 5) is 11.9. The lowest BCUT2D eigenvalue weighted by molar-refractivity contribution is -0.116. The van der Waals surface area contributed by atoms with Crippen LogP contribution in [0.1, 0.15) is 20.3 Å². The molecule has 1 amide bonds. The zero-order valence-electron chi connectivity index (χ0n) is 10.6. The van der Waals surface area contributed by atoms with Crippen molar-refractivity contribution in [3.63, 3.8) is 0 Å². The maximum Gasteiger partial charge on any atom is 0.226 e. The number of aromatic nitrogens is 2. The summed E-state index contributed by atoms with van der Waals surface area (Å²) in [6.45, 7) is 4.01. The predicted molar refractivity (Wildman–Crippen MR) is 72.2 cm³/mol. The van der Waals surface area contributed by atoms with Crippen molar-refractivity contribution in [2.45, 2.75) is 26.3 Å². The number of benzene rings is 1. The van der Waals surface area contributed by atoms with E-state index in [1.54, 1.807) is 6.20 Å². The van der Waals surface area contributed by atoms with Crippen LogP contribution in [-0.4, -0.2) is 22.1 Å². The van der Waals surface area contributed by atoms with Gasteiger partial charge in [0.25, 0.3) is 0 Å². The first-order valence-corrected chi connectivity index (χ1v) is 6.05. The van der Waals surface area contributed by atoms with Crippen molar-refractivity contribution < 1.29 is 4.79 Å². The van der Waals surface area contributed by atoms with Gasteiger partial charge in [-0.3, -0.25) is 9.89 Å². The van der Waals surface area contributed by atoms with Gasteiger partial charge in [0.1, 0.15) is 0 Å². The summed E-state index contributed by atoms with van der Waals surface area (Å²) in [5, 5.41) is 10.7. The van der Waals surface area contributed by atoms with Crippen molar-refractivity contribution in [3.05, 3.63) is 24.4 Å². The molecule has 1 unspecified atom stereocenters. The Morgan fingerprint density at radius 2 is 2.28 bits per heavy atom. The van der Waals surface area contributed by atoms with Crippen molar-refractivity contribution in [2.75, 3.05) is 5.32 Å². The Kier molecular flexibility index (Phi) is 3.62. The van der Waals surface area contributed by atoms with E-state index < -0.39 is 0 Å². The molecule has 1 atom stereocenters. The minimum absolute atomic E-state index is 0.0710. The number of nitrogens with zero attached hydrogens (tertiary/aromatic N) is 1. The number of anilines is 1. The van der Waals surface area contributed by atoms with Crippen LogP contribution < -0.4 is 11.1 Å². The van der Waals surface area contributed by atoms with Gasteiger partial charge in [-0.15, -0.1) is 0 Å². The molecule has 2 rings (SSSR count). The number of para-hydroxylation sites is 1. The molecule has 5 heteroatoms. The Bertz CT molecular complexity index is 547. The average Bonchev–Trinajstić information content (AvgIpc) is 2.77. The molecule has 18 heavy (non-hydrogen) atoms. The van der Waals surface area contributed by atoms with Crippen LogP contribution in [0, 0.1) is 5.92 Å². The van der Waals surface area contributed by atoms with Crippen LogP contribution in [0.2, 0.25) is 0 Å². The molecule has 1 aromatic carbocycles. The lowest BCUT2D eigenvalue weighted by Crippen LogP contribution is -2.31. The molecule has 5 nitrogen and oxygen atoms in total. The molecule has 0 aliphatic heterocycles. The quantitative estimate of drug-likeness (QED) is 0.770. The molecular weight excluding hydrogens is 228 g/mol. The molecule has 0 saturated carbocycles. The van der Waals surface area contributed by atoms with Gasteiger partial charge < -0.3 is 11.1 Å². The number of H-pyrrole nitrogens is 1. The van der Waals surface area contributed by atoms with Crippen LogP contribution in [-0.2, 0) is 4.79 Å². The highest BCUT2D eigenvalue weighted by molar-refractivity contribution is 6.00. The fourth-order valence-electron chi connectivity index (χ4n) is 1.72. The lowest BCUT2D eigenvalue weighted by Gasteiger charge is -2.15. The second-order valence-electron chi connectivity index (χ2n) is 4.80. The minimum atomic E-state index is -0.119. The summed E-state index contributed by atoms with van der Waals surface area (Å²) in [5.74, 6) is 0.219. The minimum Gasteiger partial charge on any atom is -0.327 e. The number of hydrogen-bond acceptors (Lipinski definition) is 3. The maximum absolute atomic E-state index is 11.9. The Hall–Kier alpha value is -1.88. The molecule has 0 aliphatic rings. The largest absolute Gasteiger partial charge is 0.327 e. The smallest absolute Gasteiger partial charge is 0.226 e. The zero-order valence-corrected chi connectivity index (χ0v) is 10.6. The first-order valence-electron chi connectivity index (χ1n) is 6.05. The van der Waals surface area contributed by atoms with Crippen molar-refractivity contribution in [1.82, 2.24) is 10.2 Å². The molecule has 96 valence electrons. The first kappa shape index (κ1) is 12.6. The van der Waals surface area contributed by atoms with Crippen LogP contribution in [0.4, 0.5) is 5.69 Å². The second-order valence-corrected chi connectivity index (χ2v) is 4.80. The molecular formula is C13H18N4O. The van der Waals surface area contributed by atoms with Gasteiger partial charge in [-0.2, -0.15) is 5.10 Å². The molecule has 0 fully saturated rings. The molecule has 0 aliphatic carbocycles. The van der Waals surface area contributed by atoms with Crippen molar-refractivity contribution in [2.24, 2.45) is 11.7 Å². The van der Waals surface area contributed by atoms with Crippen LogP contribution in [0.3, 0.4) is 0 Å². The molecule has 1 heterocycles. The average molecular weight is 246 g/mol. The normalized spacial score (nSPS) is 12.9. The van der Waals surface area contributed by atoms with Crippen molar-refractivity contribution in [1.29, 1.82) is 0 Å². The molecule has 4 N–H and O–H groups in total. The van der Waals surface area contributed by atoms with Crippen LogP contribution >= 0.6 is 0 Å². The number of hydrogen-bond donors (Lipinski definition) is 3. The number of amides is 1. The predicted octanol–water partition coefficient (Wildman–Crippen LogP) is 1.87. The fourth-order valence-corrected chi connectivity index (χ4v) is 1.72. The van der Waals surface area contributed by atoms with E-state index in [0.29, 0.717) is 12.3 Å². The summed E-state index contributed by atoms with van der Waals surface area (Å²) >= 11 is 0. The molecule has 0 bridgehead atoms. The number of rotatable bonds is 4. The molecule has 0 radical (unpaired) electrons. The van der Waals surface area contributed by atoms with Gasteiger partial charge in [0.2, 0.25) is 5.91 Å². The molecule has 2 aromatic rings. The summed E-state index contributed by atoms with van der Waals surface area (Å²) in [7, 11) is 0. The van der Waals surface area contributed by atoms with E-state index in [0.717, 1.165) is 16.6 Å².